The number of ether oxygens (including phenoxy) is 1. The Bertz CT molecular complexity index is 598. The fourth-order valence-corrected chi connectivity index (χ4v) is 2.66. The number of carbonyl (C=O) groups is 1. The summed E-state index contributed by atoms with van der Waals surface area (Å²) in [5, 5.41) is 8.80. The number of anilines is 1. The highest BCUT2D eigenvalue weighted by Crippen LogP contribution is 2.17. The van der Waals surface area contributed by atoms with Gasteiger partial charge >= 0.3 is 0 Å². The van der Waals surface area contributed by atoms with Gasteiger partial charge in [0.05, 0.1) is 19.2 Å². The number of benzene rings is 1. The van der Waals surface area contributed by atoms with Crippen molar-refractivity contribution in [2.75, 3.05) is 26.0 Å². The predicted molar refractivity (Wildman–Crippen MR) is 85.1 cm³/mol. The molecule has 0 unspecified atom stereocenters. The molecule has 2 aromatic rings. The number of hydrogen-bond donors (Lipinski definition) is 2. The van der Waals surface area contributed by atoms with E-state index >= 15 is 0 Å². The average molecular weight is 305 g/mol. The lowest BCUT2D eigenvalue weighted by Gasteiger charge is -2.08. The molecule has 5 nitrogen and oxygen atoms in total. The first-order valence-corrected chi connectivity index (χ1v) is 7.61. The highest BCUT2D eigenvalue weighted by molar-refractivity contribution is 7.13. The Kier molecular flexibility index (Phi) is 5.57. The highest BCUT2D eigenvalue weighted by atomic mass is 32.1. The zero-order valence-electron chi connectivity index (χ0n) is 12.2. The summed E-state index contributed by atoms with van der Waals surface area (Å²) in [5.74, 6) is 0.731. The Balaban J connectivity index is 1.79. The number of nitrogens with zero attached hydrogens (tertiary/aromatic N) is 1. The first-order valence-electron chi connectivity index (χ1n) is 6.73. The average Bonchev–Trinajstić information content (AvgIpc) is 2.96. The fraction of sp³-hybridized carbons (Fsp3) is 0.333. The molecule has 112 valence electrons. The Morgan fingerprint density at radius 3 is 2.90 bits per heavy atom. The summed E-state index contributed by atoms with van der Waals surface area (Å²) in [6, 6.07) is 7.55. The third-order valence-electron chi connectivity index (χ3n) is 3.01. The Hall–Kier alpha value is -2.08. The van der Waals surface area contributed by atoms with Gasteiger partial charge in [0.2, 0.25) is 5.91 Å². The van der Waals surface area contributed by atoms with Crippen LogP contribution in [0.5, 0.6) is 5.75 Å². The maximum Gasteiger partial charge on any atom is 0.224 e. The molecular weight excluding hydrogens is 286 g/mol. The number of methoxy groups -OCH3 is 1. The van der Waals surface area contributed by atoms with Crippen molar-refractivity contribution >= 4 is 22.4 Å². The first-order chi connectivity index (χ1) is 10.2. The van der Waals surface area contributed by atoms with Crippen LogP contribution in [0.1, 0.15) is 11.3 Å². The van der Waals surface area contributed by atoms with Crippen molar-refractivity contribution < 1.29 is 9.53 Å². The van der Waals surface area contributed by atoms with Crippen molar-refractivity contribution in [2.24, 2.45) is 0 Å². The molecule has 1 aromatic carbocycles. The van der Waals surface area contributed by atoms with Crippen molar-refractivity contribution in [1.29, 1.82) is 0 Å². The predicted octanol–water partition coefficient (Wildman–Crippen LogP) is 2.09. The van der Waals surface area contributed by atoms with Crippen LogP contribution < -0.4 is 15.4 Å². The number of carbonyl (C=O) groups excluding carboxylic acids is 1. The molecule has 0 radical (unpaired) electrons. The van der Waals surface area contributed by atoms with Crippen LogP contribution in [-0.4, -0.2) is 31.6 Å². The van der Waals surface area contributed by atoms with Crippen molar-refractivity contribution in [3.8, 4) is 5.75 Å². The van der Waals surface area contributed by atoms with E-state index in [4.69, 9.17) is 4.74 Å². The van der Waals surface area contributed by atoms with Gasteiger partial charge in [-0.05, 0) is 6.07 Å². The molecule has 1 aromatic heterocycles. The maximum absolute atomic E-state index is 11.9. The van der Waals surface area contributed by atoms with Crippen LogP contribution in [0, 0.1) is 0 Å². The standard InChI is InChI=1S/C15H19N3O2S/c1-16-15-18-12(10-21-15)7-8-17-14(19)9-11-5-3-4-6-13(11)20-2/h3-6,10H,7-9H2,1-2H3,(H,16,18)(H,17,19). The van der Waals surface area contributed by atoms with Gasteiger partial charge in [-0.3, -0.25) is 4.79 Å². The largest absolute Gasteiger partial charge is 0.496 e. The fourth-order valence-electron chi connectivity index (χ4n) is 1.95. The quantitative estimate of drug-likeness (QED) is 0.822. The molecule has 0 aliphatic carbocycles. The molecule has 0 aliphatic rings. The summed E-state index contributed by atoms with van der Waals surface area (Å²) >= 11 is 1.56. The lowest BCUT2D eigenvalue weighted by Crippen LogP contribution is -2.27. The summed E-state index contributed by atoms with van der Waals surface area (Å²) in [7, 11) is 3.45. The molecule has 0 saturated heterocycles. The van der Waals surface area contributed by atoms with E-state index in [1.807, 2.05) is 36.7 Å². The second-order valence-electron chi connectivity index (χ2n) is 4.48. The number of para-hydroxylation sites is 1. The molecule has 0 bridgehead atoms. The molecule has 21 heavy (non-hydrogen) atoms. The van der Waals surface area contributed by atoms with Gasteiger partial charge in [-0.2, -0.15) is 0 Å². The third-order valence-corrected chi connectivity index (χ3v) is 3.92. The van der Waals surface area contributed by atoms with Crippen molar-refractivity contribution in [1.82, 2.24) is 10.3 Å². The molecular formula is C15H19N3O2S. The zero-order chi connectivity index (χ0) is 15.1. The van der Waals surface area contributed by atoms with Gasteiger partial charge < -0.3 is 15.4 Å². The van der Waals surface area contributed by atoms with E-state index in [-0.39, 0.29) is 5.91 Å². The van der Waals surface area contributed by atoms with E-state index in [9.17, 15) is 4.79 Å². The number of aromatic nitrogens is 1. The summed E-state index contributed by atoms with van der Waals surface area (Å²) in [6.07, 6.45) is 1.05. The highest BCUT2D eigenvalue weighted by Gasteiger charge is 2.08. The topological polar surface area (TPSA) is 63.2 Å². The molecule has 2 N–H and O–H groups in total. The second-order valence-corrected chi connectivity index (χ2v) is 5.34. The number of hydrogen-bond acceptors (Lipinski definition) is 5. The van der Waals surface area contributed by atoms with Crippen LogP contribution in [0.15, 0.2) is 29.6 Å². The van der Waals surface area contributed by atoms with Gasteiger partial charge in [0, 0.05) is 31.0 Å². The van der Waals surface area contributed by atoms with E-state index < -0.39 is 0 Å². The SMILES string of the molecule is CNc1nc(CCNC(=O)Cc2ccccc2OC)cs1. The smallest absolute Gasteiger partial charge is 0.224 e. The minimum atomic E-state index is -0.0106. The molecule has 1 heterocycles. The molecule has 1 amide bonds. The molecule has 0 aliphatic heterocycles. The van der Waals surface area contributed by atoms with Gasteiger partial charge in [0.15, 0.2) is 5.13 Å². The van der Waals surface area contributed by atoms with Crippen LogP contribution in [-0.2, 0) is 17.6 Å². The number of nitrogens with one attached hydrogen (secondary N) is 2. The lowest BCUT2D eigenvalue weighted by molar-refractivity contribution is -0.120. The lowest BCUT2D eigenvalue weighted by atomic mass is 10.1. The van der Waals surface area contributed by atoms with Gasteiger partial charge in [-0.15, -0.1) is 11.3 Å². The van der Waals surface area contributed by atoms with Crippen LogP contribution in [0.25, 0.3) is 0 Å². The number of rotatable bonds is 7. The summed E-state index contributed by atoms with van der Waals surface area (Å²) in [4.78, 5) is 16.3. The van der Waals surface area contributed by atoms with E-state index in [2.05, 4.69) is 15.6 Å². The van der Waals surface area contributed by atoms with Crippen molar-refractivity contribution in [3.63, 3.8) is 0 Å². The Morgan fingerprint density at radius 2 is 2.19 bits per heavy atom. The first kappa shape index (κ1) is 15.3. The molecule has 0 fully saturated rings. The minimum absolute atomic E-state index is 0.0106. The molecule has 0 atom stereocenters. The van der Waals surface area contributed by atoms with E-state index in [0.717, 1.165) is 28.6 Å². The van der Waals surface area contributed by atoms with Gasteiger partial charge in [-0.25, -0.2) is 4.98 Å². The van der Waals surface area contributed by atoms with Gasteiger partial charge in [0.25, 0.3) is 0 Å². The number of thiazole rings is 1. The molecule has 2 rings (SSSR count). The molecule has 0 spiro atoms. The molecule has 0 saturated carbocycles. The Labute approximate surface area is 128 Å². The third kappa shape index (κ3) is 4.46. The Morgan fingerprint density at radius 1 is 1.38 bits per heavy atom. The van der Waals surface area contributed by atoms with E-state index in [1.165, 1.54) is 0 Å². The maximum atomic E-state index is 11.9. The van der Waals surface area contributed by atoms with Crippen LogP contribution in [0.2, 0.25) is 0 Å². The van der Waals surface area contributed by atoms with Gasteiger partial charge in [0.1, 0.15) is 5.75 Å². The normalized spacial score (nSPS) is 10.2. The number of amides is 1. The monoisotopic (exact) mass is 305 g/mol. The van der Waals surface area contributed by atoms with Crippen molar-refractivity contribution in [3.05, 3.63) is 40.9 Å². The van der Waals surface area contributed by atoms with Crippen LogP contribution in [0.3, 0.4) is 0 Å². The summed E-state index contributed by atoms with van der Waals surface area (Å²) in [5.41, 5.74) is 1.88. The zero-order valence-corrected chi connectivity index (χ0v) is 13.0. The molecule has 6 heteroatoms. The van der Waals surface area contributed by atoms with Crippen LogP contribution in [0.4, 0.5) is 5.13 Å². The van der Waals surface area contributed by atoms with Gasteiger partial charge in [-0.1, -0.05) is 18.2 Å². The van der Waals surface area contributed by atoms with E-state index in [1.54, 1.807) is 18.4 Å². The summed E-state index contributed by atoms with van der Waals surface area (Å²) < 4.78 is 5.24. The summed E-state index contributed by atoms with van der Waals surface area (Å²) in [6.45, 7) is 0.584. The second kappa shape index (κ2) is 7.64. The van der Waals surface area contributed by atoms with Crippen molar-refractivity contribution in [2.45, 2.75) is 12.8 Å². The van der Waals surface area contributed by atoms with Crippen LogP contribution >= 0.6 is 11.3 Å². The minimum Gasteiger partial charge on any atom is -0.496 e. The van der Waals surface area contributed by atoms with E-state index in [0.29, 0.717) is 13.0 Å².